The van der Waals surface area contributed by atoms with Crippen LogP contribution in [0.25, 0.3) is 0 Å². The molecular formula is C45H83NO5. The maximum absolute atomic E-state index is 13.0. The first-order valence-corrected chi connectivity index (χ1v) is 21.7. The molecule has 0 saturated carbocycles. The fourth-order valence-corrected chi connectivity index (χ4v) is 6.41. The first-order valence-electron chi connectivity index (χ1n) is 21.7. The van der Waals surface area contributed by atoms with Crippen molar-refractivity contribution in [2.24, 2.45) is 0 Å². The van der Waals surface area contributed by atoms with Crippen molar-refractivity contribution in [2.75, 3.05) is 6.61 Å². The smallest absolute Gasteiger partial charge is 0.306 e. The van der Waals surface area contributed by atoms with Crippen LogP contribution in [0.1, 0.15) is 213 Å². The van der Waals surface area contributed by atoms with Crippen LogP contribution in [0.3, 0.4) is 0 Å². The van der Waals surface area contributed by atoms with Crippen molar-refractivity contribution in [3.05, 3.63) is 36.5 Å². The lowest BCUT2D eigenvalue weighted by Gasteiger charge is -2.24. The number of carbonyl (C=O) groups is 2. The van der Waals surface area contributed by atoms with Crippen LogP contribution < -0.4 is 5.32 Å². The number of aliphatic hydroxyl groups excluding tert-OH is 2. The van der Waals surface area contributed by atoms with Crippen LogP contribution in [0, 0.1) is 0 Å². The van der Waals surface area contributed by atoms with E-state index in [-0.39, 0.29) is 24.9 Å². The van der Waals surface area contributed by atoms with Crippen LogP contribution in [0.15, 0.2) is 36.5 Å². The van der Waals surface area contributed by atoms with Gasteiger partial charge in [-0.15, -0.1) is 0 Å². The van der Waals surface area contributed by atoms with Gasteiger partial charge in [-0.2, -0.15) is 0 Å². The van der Waals surface area contributed by atoms with Gasteiger partial charge in [0.05, 0.1) is 25.2 Å². The van der Waals surface area contributed by atoms with Gasteiger partial charge < -0.3 is 20.3 Å². The molecule has 51 heavy (non-hydrogen) atoms. The molecule has 6 nitrogen and oxygen atoms in total. The maximum atomic E-state index is 13.0. The van der Waals surface area contributed by atoms with E-state index in [0.29, 0.717) is 19.3 Å². The minimum atomic E-state index is -0.787. The number of ether oxygens (including phenoxy) is 1. The van der Waals surface area contributed by atoms with E-state index in [1.807, 2.05) is 0 Å². The van der Waals surface area contributed by atoms with Gasteiger partial charge in [0, 0.05) is 6.42 Å². The predicted octanol–water partition coefficient (Wildman–Crippen LogP) is 12.2. The third kappa shape index (κ3) is 34.9. The standard InChI is InChI=1S/C45H83NO5/c1-4-7-10-13-16-19-21-22-23-24-26-29-32-35-38-45(50)51-41(36-33-30-27-18-15-12-9-6-3)39-44(49)46-42(40-47)43(48)37-34-31-28-25-20-17-14-11-8-5-2/h7,10,12,15-16,19,41-43,47-48H,4-6,8-9,11,13-14,17-18,20-40H2,1-3H3,(H,46,49)/b10-7+,15-12-,19-16+. The zero-order valence-corrected chi connectivity index (χ0v) is 33.7. The van der Waals surface area contributed by atoms with Crippen LogP contribution in [0.4, 0.5) is 0 Å². The molecule has 0 aromatic rings. The summed E-state index contributed by atoms with van der Waals surface area (Å²) in [5.74, 6) is -0.504. The average molecular weight is 718 g/mol. The number of nitrogens with one attached hydrogen (secondary N) is 1. The van der Waals surface area contributed by atoms with E-state index in [9.17, 15) is 19.8 Å². The third-order valence-corrected chi connectivity index (χ3v) is 9.68. The van der Waals surface area contributed by atoms with Gasteiger partial charge in [-0.25, -0.2) is 0 Å². The average Bonchev–Trinajstić information content (AvgIpc) is 3.12. The highest BCUT2D eigenvalue weighted by molar-refractivity contribution is 5.77. The normalized spacial score (nSPS) is 13.7. The largest absolute Gasteiger partial charge is 0.462 e. The van der Waals surface area contributed by atoms with Gasteiger partial charge >= 0.3 is 5.97 Å². The molecule has 1 amide bonds. The second-order valence-electron chi connectivity index (χ2n) is 14.7. The van der Waals surface area contributed by atoms with Gasteiger partial charge in [-0.3, -0.25) is 9.59 Å². The minimum Gasteiger partial charge on any atom is -0.462 e. The molecule has 6 heteroatoms. The van der Waals surface area contributed by atoms with E-state index in [1.54, 1.807) is 0 Å². The van der Waals surface area contributed by atoms with Crippen LogP contribution in [0.5, 0.6) is 0 Å². The Labute approximate surface area is 315 Å². The quantitative estimate of drug-likeness (QED) is 0.0336. The van der Waals surface area contributed by atoms with Gasteiger partial charge in [0.1, 0.15) is 6.10 Å². The fourth-order valence-electron chi connectivity index (χ4n) is 6.41. The van der Waals surface area contributed by atoms with Crippen molar-refractivity contribution in [3.8, 4) is 0 Å². The number of hydrogen-bond acceptors (Lipinski definition) is 5. The Morgan fingerprint density at radius 2 is 1.10 bits per heavy atom. The molecule has 0 saturated heterocycles. The number of rotatable bonds is 38. The minimum absolute atomic E-state index is 0.0637. The topological polar surface area (TPSA) is 95.9 Å². The van der Waals surface area contributed by atoms with Crippen LogP contribution >= 0.6 is 0 Å². The lowest BCUT2D eigenvalue weighted by atomic mass is 10.0. The Morgan fingerprint density at radius 3 is 1.71 bits per heavy atom. The van der Waals surface area contributed by atoms with E-state index >= 15 is 0 Å². The molecule has 0 radical (unpaired) electrons. The van der Waals surface area contributed by atoms with Crippen molar-refractivity contribution < 1.29 is 24.5 Å². The summed E-state index contributed by atoms with van der Waals surface area (Å²) in [7, 11) is 0. The molecule has 0 bridgehead atoms. The van der Waals surface area contributed by atoms with Gasteiger partial charge in [0.2, 0.25) is 5.91 Å². The van der Waals surface area contributed by atoms with E-state index in [4.69, 9.17) is 4.74 Å². The van der Waals surface area contributed by atoms with Crippen molar-refractivity contribution in [2.45, 2.75) is 232 Å². The Kier molecular flexibility index (Phi) is 37.8. The molecule has 0 heterocycles. The molecule has 0 aromatic carbocycles. The summed E-state index contributed by atoms with van der Waals surface area (Å²) in [6.07, 6.45) is 43.6. The van der Waals surface area contributed by atoms with Crippen molar-refractivity contribution >= 4 is 11.9 Å². The molecule has 0 aromatic heterocycles. The van der Waals surface area contributed by atoms with Gasteiger partial charge in [-0.05, 0) is 70.6 Å². The molecule has 3 N–H and O–H groups in total. The SMILES string of the molecule is CC/C=C/C/C=C/CCCCCCCCCC(=O)OC(CCCCC/C=C\CCC)CC(=O)NC(CO)C(O)CCCCCCCCCCCC. The molecule has 0 fully saturated rings. The Bertz CT molecular complexity index is 854. The molecule has 0 aliphatic rings. The van der Waals surface area contributed by atoms with E-state index < -0.39 is 18.2 Å². The number of amides is 1. The molecular weight excluding hydrogens is 634 g/mol. The Morgan fingerprint density at radius 1 is 0.588 bits per heavy atom. The second-order valence-corrected chi connectivity index (χ2v) is 14.7. The summed E-state index contributed by atoms with van der Waals surface area (Å²) in [6, 6.07) is -0.702. The monoisotopic (exact) mass is 718 g/mol. The second kappa shape index (κ2) is 39.3. The van der Waals surface area contributed by atoms with Crippen LogP contribution in [0.2, 0.25) is 0 Å². The van der Waals surface area contributed by atoms with Crippen molar-refractivity contribution in [1.29, 1.82) is 0 Å². The lowest BCUT2D eigenvalue weighted by Crippen LogP contribution is -2.46. The Hall–Kier alpha value is -1.92. The Balaban J connectivity index is 4.52. The van der Waals surface area contributed by atoms with Crippen molar-refractivity contribution in [1.82, 2.24) is 5.32 Å². The first kappa shape index (κ1) is 49.1. The first-order chi connectivity index (χ1) is 25.0. The number of allylic oxidation sites excluding steroid dienone is 6. The highest BCUT2D eigenvalue weighted by Crippen LogP contribution is 2.17. The van der Waals surface area contributed by atoms with E-state index in [1.165, 1.54) is 70.6 Å². The summed E-state index contributed by atoms with van der Waals surface area (Å²) in [4.78, 5) is 25.8. The molecule has 298 valence electrons. The van der Waals surface area contributed by atoms with Gasteiger partial charge in [-0.1, -0.05) is 166 Å². The number of esters is 1. The van der Waals surface area contributed by atoms with Crippen molar-refractivity contribution in [3.63, 3.8) is 0 Å². The molecule has 0 aliphatic carbocycles. The third-order valence-electron chi connectivity index (χ3n) is 9.68. The van der Waals surface area contributed by atoms with Crippen LogP contribution in [-0.4, -0.2) is 46.9 Å². The highest BCUT2D eigenvalue weighted by Gasteiger charge is 2.24. The summed E-state index contributed by atoms with van der Waals surface area (Å²) in [6.45, 7) is 6.27. The fraction of sp³-hybridized carbons (Fsp3) is 0.822. The highest BCUT2D eigenvalue weighted by atomic mass is 16.5. The predicted molar refractivity (Wildman–Crippen MR) is 218 cm³/mol. The number of hydrogen-bond donors (Lipinski definition) is 3. The van der Waals surface area contributed by atoms with E-state index in [2.05, 4.69) is 62.5 Å². The van der Waals surface area contributed by atoms with Gasteiger partial charge in [0.25, 0.3) is 0 Å². The molecule has 3 atom stereocenters. The zero-order chi connectivity index (χ0) is 37.5. The van der Waals surface area contributed by atoms with E-state index in [0.717, 1.165) is 96.3 Å². The molecule has 3 unspecified atom stereocenters. The zero-order valence-electron chi connectivity index (χ0n) is 33.7. The summed E-state index contributed by atoms with van der Waals surface area (Å²) < 4.78 is 5.86. The number of aliphatic hydroxyl groups is 2. The summed E-state index contributed by atoms with van der Waals surface area (Å²) in [5.41, 5.74) is 0. The van der Waals surface area contributed by atoms with Gasteiger partial charge in [0.15, 0.2) is 0 Å². The summed E-state index contributed by atoms with van der Waals surface area (Å²) >= 11 is 0. The molecule has 0 spiro atoms. The lowest BCUT2D eigenvalue weighted by molar-refractivity contribution is -0.151. The molecule has 0 aliphatic heterocycles. The van der Waals surface area contributed by atoms with Crippen LogP contribution in [-0.2, 0) is 14.3 Å². The number of carbonyl (C=O) groups excluding carboxylic acids is 2. The molecule has 0 rings (SSSR count). The summed E-state index contributed by atoms with van der Waals surface area (Å²) in [5, 5.41) is 23.5. The number of unbranched alkanes of at least 4 members (excludes halogenated alkanes) is 20. The maximum Gasteiger partial charge on any atom is 0.306 e.